The third-order valence-electron chi connectivity index (χ3n) is 4.98. The van der Waals surface area contributed by atoms with Gasteiger partial charge in [-0.1, -0.05) is 18.7 Å². The Morgan fingerprint density at radius 1 is 1.16 bits per heavy atom. The smallest absolute Gasteiger partial charge is 0.299 e. The summed E-state index contributed by atoms with van der Waals surface area (Å²) in [7, 11) is 0. The van der Waals surface area contributed by atoms with Crippen molar-refractivity contribution >= 4 is 24.6 Å². The van der Waals surface area contributed by atoms with Gasteiger partial charge >= 0.3 is 0 Å². The number of rotatable bonds is 7. The minimum absolute atomic E-state index is 0.219. The number of anilines is 1. The van der Waals surface area contributed by atoms with Crippen LogP contribution in [0, 0.1) is 6.92 Å². The molecule has 0 unspecified atom stereocenters. The number of aryl methyl sites for hydroxylation is 1. The molecule has 0 atom stereocenters. The quantitative estimate of drug-likeness (QED) is 0.532. The molecule has 0 bridgehead atoms. The van der Waals surface area contributed by atoms with Crippen molar-refractivity contribution in [3.63, 3.8) is 0 Å². The van der Waals surface area contributed by atoms with E-state index in [4.69, 9.17) is 0 Å². The van der Waals surface area contributed by atoms with Gasteiger partial charge in [0, 0.05) is 43.3 Å². The van der Waals surface area contributed by atoms with Crippen molar-refractivity contribution in [2.24, 2.45) is 10.2 Å². The van der Waals surface area contributed by atoms with Gasteiger partial charge < -0.3 is 10.6 Å². The highest BCUT2D eigenvalue weighted by molar-refractivity contribution is 6.03. The van der Waals surface area contributed by atoms with Gasteiger partial charge in [0.25, 0.3) is 5.56 Å². The molecular formula is C22H21N7O2. The van der Waals surface area contributed by atoms with Crippen LogP contribution in [0.2, 0.25) is 0 Å². The van der Waals surface area contributed by atoms with Gasteiger partial charge in [-0.3, -0.25) is 19.1 Å². The van der Waals surface area contributed by atoms with E-state index in [-0.39, 0.29) is 17.9 Å². The highest BCUT2D eigenvalue weighted by atomic mass is 16.1. The maximum absolute atomic E-state index is 13.3. The van der Waals surface area contributed by atoms with Crippen LogP contribution in [-0.4, -0.2) is 33.3 Å². The second-order valence-corrected chi connectivity index (χ2v) is 7.01. The van der Waals surface area contributed by atoms with Crippen molar-refractivity contribution in [1.29, 1.82) is 0 Å². The van der Waals surface area contributed by atoms with Crippen molar-refractivity contribution in [3.05, 3.63) is 86.2 Å². The lowest BCUT2D eigenvalue weighted by Gasteiger charge is -2.14. The summed E-state index contributed by atoms with van der Waals surface area (Å²) in [6, 6.07) is 9.33. The first-order valence-corrected chi connectivity index (χ1v) is 9.77. The van der Waals surface area contributed by atoms with Crippen molar-refractivity contribution in [1.82, 2.24) is 19.9 Å². The van der Waals surface area contributed by atoms with Crippen molar-refractivity contribution < 1.29 is 4.79 Å². The van der Waals surface area contributed by atoms with E-state index in [1.165, 1.54) is 4.57 Å². The monoisotopic (exact) mass is 415 g/mol. The molecule has 0 saturated heterocycles. The van der Waals surface area contributed by atoms with Crippen LogP contribution in [0.3, 0.4) is 0 Å². The third kappa shape index (κ3) is 3.97. The molecule has 2 aromatic heterocycles. The molecule has 3 aromatic rings. The van der Waals surface area contributed by atoms with E-state index < -0.39 is 0 Å². The lowest BCUT2D eigenvalue weighted by Crippen LogP contribution is -2.36. The van der Waals surface area contributed by atoms with Gasteiger partial charge in [0.15, 0.2) is 11.7 Å². The van der Waals surface area contributed by atoms with Crippen LogP contribution in [-0.2, 0) is 17.8 Å². The summed E-state index contributed by atoms with van der Waals surface area (Å²) in [6.45, 7) is 6.59. The number of hydrogen-bond donors (Lipinski definition) is 2. The number of carbonyl (C=O) groups is 1. The standard InChI is InChI=1S/C22H21N7O2/c1-14-6-7-18-19(17(14)12-23-13-30)21(28-27-18)29-15(2)11-26-20(22(29)31)25-10-8-16-5-3-4-9-24-16/h3-7,9,11,13H,1,8,10,12H2,2H3,(H,23,30)(H,25,26). The summed E-state index contributed by atoms with van der Waals surface area (Å²) >= 11 is 0. The van der Waals surface area contributed by atoms with Gasteiger partial charge in [-0.05, 0) is 35.9 Å². The number of hydrogen-bond acceptors (Lipinski definition) is 7. The van der Waals surface area contributed by atoms with E-state index in [9.17, 15) is 9.59 Å². The Bertz CT molecular complexity index is 1330. The molecule has 156 valence electrons. The molecule has 1 aliphatic rings. The zero-order chi connectivity index (χ0) is 21.8. The number of amides is 1. The Labute approximate surface area is 177 Å². The number of carbonyl (C=O) groups excluding carboxylic acids is 1. The highest BCUT2D eigenvalue weighted by Gasteiger charge is 2.22. The molecule has 2 N–H and O–H groups in total. The molecule has 0 saturated carbocycles. The second-order valence-electron chi connectivity index (χ2n) is 7.01. The van der Waals surface area contributed by atoms with Crippen molar-refractivity contribution in [2.45, 2.75) is 19.9 Å². The Kier molecular flexibility index (Phi) is 5.65. The zero-order valence-electron chi connectivity index (χ0n) is 17.0. The van der Waals surface area contributed by atoms with E-state index in [1.54, 1.807) is 25.4 Å². The molecule has 9 heteroatoms. The van der Waals surface area contributed by atoms with Crippen LogP contribution in [0.4, 0.5) is 5.82 Å². The topological polar surface area (TPSA) is 114 Å². The van der Waals surface area contributed by atoms with E-state index in [2.05, 4.69) is 37.4 Å². The van der Waals surface area contributed by atoms with Crippen LogP contribution >= 0.6 is 0 Å². The molecule has 1 aromatic carbocycles. The molecule has 0 spiro atoms. The fourth-order valence-corrected chi connectivity index (χ4v) is 3.44. The Balaban J connectivity index is 1.67. The average Bonchev–Trinajstić information content (AvgIpc) is 3.19. The van der Waals surface area contributed by atoms with E-state index in [0.717, 1.165) is 16.5 Å². The Hall–Kier alpha value is -4.14. The predicted molar refractivity (Wildman–Crippen MR) is 117 cm³/mol. The first kappa shape index (κ1) is 20.1. The molecule has 3 heterocycles. The second kappa shape index (κ2) is 8.70. The van der Waals surface area contributed by atoms with Gasteiger partial charge in [-0.15, -0.1) is 10.2 Å². The fourth-order valence-electron chi connectivity index (χ4n) is 3.44. The summed E-state index contributed by atoms with van der Waals surface area (Å²) in [5.41, 5.74) is 2.65. The summed E-state index contributed by atoms with van der Waals surface area (Å²) in [5, 5.41) is 15.6. The van der Waals surface area contributed by atoms with Gasteiger partial charge in [-0.25, -0.2) is 4.98 Å². The highest BCUT2D eigenvalue weighted by Crippen LogP contribution is 2.10. The fraction of sp³-hybridized carbons (Fsp3) is 0.182. The van der Waals surface area contributed by atoms with Crippen LogP contribution in [0.1, 0.15) is 22.5 Å². The Morgan fingerprint density at radius 2 is 2.03 bits per heavy atom. The average molecular weight is 415 g/mol. The first-order chi connectivity index (χ1) is 15.1. The van der Waals surface area contributed by atoms with Crippen molar-refractivity contribution in [3.8, 4) is 0 Å². The molecular weight excluding hydrogens is 394 g/mol. The zero-order valence-corrected chi connectivity index (χ0v) is 17.0. The molecule has 4 rings (SSSR count). The lowest BCUT2D eigenvalue weighted by atomic mass is 10.0. The van der Waals surface area contributed by atoms with E-state index in [1.807, 2.05) is 24.3 Å². The van der Waals surface area contributed by atoms with Crippen LogP contribution in [0.25, 0.3) is 6.58 Å². The van der Waals surface area contributed by atoms with Gasteiger partial charge in [-0.2, -0.15) is 0 Å². The van der Waals surface area contributed by atoms with Gasteiger partial charge in [0.2, 0.25) is 6.41 Å². The molecule has 9 nitrogen and oxygen atoms in total. The molecule has 0 radical (unpaired) electrons. The maximum Gasteiger partial charge on any atom is 0.299 e. The summed E-state index contributed by atoms with van der Waals surface area (Å²) in [4.78, 5) is 32.6. The summed E-state index contributed by atoms with van der Waals surface area (Å²) < 4.78 is 1.48. The number of benzene rings is 1. The lowest BCUT2D eigenvalue weighted by molar-refractivity contribution is -0.109. The third-order valence-corrected chi connectivity index (χ3v) is 4.98. The molecule has 1 amide bonds. The van der Waals surface area contributed by atoms with Gasteiger partial charge in [0.1, 0.15) is 0 Å². The number of pyridine rings is 1. The SMILES string of the molecule is C=c1ccc2c(c1CNC=O)C(n1c(C)cnc(NCCc3ccccn3)c1=O)=NN=2. The molecule has 1 aliphatic heterocycles. The minimum atomic E-state index is -0.327. The first-order valence-electron chi connectivity index (χ1n) is 9.77. The minimum Gasteiger partial charge on any atom is -0.365 e. The number of fused-ring (bicyclic) bond motifs is 1. The normalized spacial score (nSPS) is 12.0. The number of aromatic nitrogens is 3. The number of nitrogens with zero attached hydrogens (tertiary/aromatic N) is 5. The number of nitrogens with one attached hydrogen (secondary N) is 2. The largest absolute Gasteiger partial charge is 0.365 e. The van der Waals surface area contributed by atoms with Crippen LogP contribution in [0.15, 0.2) is 57.7 Å². The van der Waals surface area contributed by atoms with Gasteiger partial charge in [0.05, 0.1) is 10.9 Å². The maximum atomic E-state index is 13.3. The van der Waals surface area contributed by atoms with E-state index in [0.29, 0.717) is 41.8 Å². The van der Waals surface area contributed by atoms with E-state index >= 15 is 0 Å². The van der Waals surface area contributed by atoms with Crippen LogP contribution < -0.4 is 26.8 Å². The van der Waals surface area contributed by atoms with Crippen LogP contribution in [0.5, 0.6) is 0 Å². The molecule has 31 heavy (non-hydrogen) atoms. The molecule has 0 aliphatic carbocycles. The molecule has 0 fully saturated rings. The van der Waals surface area contributed by atoms with Crippen molar-refractivity contribution in [2.75, 3.05) is 11.9 Å². The summed E-state index contributed by atoms with van der Waals surface area (Å²) in [5.74, 6) is 0.608. The Morgan fingerprint density at radius 3 is 2.81 bits per heavy atom. The summed E-state index contributed by atoms with van der Waals surface area (Å²) in [6.07, 6.45) is 4.62. The predicted octanol–water partition coefficient (Wildman–Crippen LogP) is 0.101.